The molecule has 1 aromatic rings. The van der Waals surface area contributed by atoms with Crippen molar-refractivity contribution in [3.05, 3.63) is 23.9 Å². The summed E-state index contributed by atoms with van der Waals surface area (Å²) in [6, 6.07) is 4.34. The zero-order chi connectivity index (χ0) is 13.5. The molecule has 18 heavy (non-hydrogen) atoms. The van der Waals surface area contributed by atoms with Gasteiger partial charge in [-0.25, -0.2) is 4.98 Å². The van der Waals surface area contributed by atoms with Crippen molar-refractivity contribution in [2.45, 2.75) is 33.1 Å². The van der Waals surface area contributed by atoms with Gasteiger partial charge in [0.15, 0.2) is 0 Å². The highest BCUT2D eigenvalue weighted by Crippen LogP contribution is 2.23. The molecule has 1 N–H and O–H groups in total. The number of pyridine rings is 1. The molecule has 0 bridgehead atoms. The van der Waals surface area contributed by atoms with Crippen LogP contribution in [-0.2, 0) is 0 Å². The summed E-state index contributed by atoms with van der Waals surface area (Å²) in [7, 11) is 4.09. The average molecular weight is 249 g/mol. The molecule has 1 heterocycles. The first-order valence-electron chi connectivity index (χ1n) is 6.88. The average Bonchev–Trinajstić information content (AvgIpc) is 2.38. The summed E-state index contributed by atoms with van der Waals surface area (Å²) < 4.78 is 0. The van der Waals surface area contributed by atoms with Crippen molar-refractivity contribution >= 4 is 5.82 Å². The Balaban J connectivity index is 2.59. The Bertz CT molecular complexity index is 332. The summed E-state index contributed by atoms with van der Waals surface area (Å²) >= 11 is 0. The summed E-state index contributed by atoms with van der Waals surface area (Å²) in [6.07, 6.45) is 3.16. The smallest absolute Gasteiger partial charge is 0.128 e. The number of aromatic nitrogens is 1. The first-order valence-corrected chi connectivity index (χ1v) is 6.88. The van der Waals surface area contributed by atoms with Crippen LogP contribution in [0.15, 0.2) is 18.3 Å². The van der Waals surface area contributed by atoms with Crippen LogP contribution in [0.2, 0.25) is 0 Å². The van der Waals surface area contributed by atoms with Crippen molar-refractivity contribution in [1.82, 2.24) is 10.3 Å². The Morgan fingerprint density at radius 3 is 2.50 bits per heavy atom. The first-order chi connectivity index (χ1) is 8.56. The molecule has 0 aliphatic heterocycles. The Labute approximate surface area is 112 Å². The van der Waals surface area contributed by atoms with Gasteiger partial charge in [-0.05, 0) is 43.5 Å². The molecule has 0 aliphatic rings. The van der Waals surface area contributed by atoms with Crippen LogP contribution in [0.4, 0.5) is 5.82 Å². The van der Waals surface area contributed by atoms with E-state index in [0.29, 0.717) is 11.8 Å². The number of anilines is 1. The van der Waals surface area contributed by atoms with E-state index in [1.807, 2.05) is 13.2 Å². The van der Waals surface area contributed by atoms with Crippen LogP contribution in [0.5, 0.6) is 0 Å². The summed E-state index contributed by atoms with van der Waals surface area (Å²) in [6.45, 7) is 8.85. The van der Waals surface area contributed by atoms with E-state index in [2.05, 4.69) is 55.2 Å². The summed E-state index contributed by atoms with van der Waals surface area (Å²) in [4.78, 5) is 6.78. The Morgan fingerprint density at radius 1 is 1.28 bits per heavy atom. The number of hydrogen-bond donors (Lipinski definition) is 1. The third kappa shape index (κ3) is 4.30. The van der Waals surface area contributed by atoms with Gasteiger partial charge in [0.25, 0.3) is 0 Å². The number of hydrogen-bond acceptors (Lipinski definition) is 3. The van der Waals surface area contributed by atoms with E-state index >= 15 is 0 Å². The fraction of sp³-hybridized carbons (Fsp3) is 0.667. The van der Waals surface area contributed by atoms with E-state index < -0.39 is 0 Å². The van der Waals surface area contributed by atoms with Crippen LogP contribution in [0.3, 0.4) is 0 Å². The SMILES string of the molecule is CNCCCN(C)c1ccc([C@@H](C)C(C)C)cn1. The molecular formula is C15H27N3. The maximum atomic E-state index is 4.57. The zero-order valence-corrected chi connectivity index (χ0v) is 12.4. The number of nitrogens with zero attached hydrogens (tertiary/aromatic N) is 2. The molecule has 1 rings (SSSR count). The highest BCUT2D eigenvalue weighted by Gasteiger charge is 2.10. The largest absolute Gasteiger partial charge is 0.360 e. The molecule has 0 amide bonds. The lowest BCUT2D eigenvalue weighted by molar-refractivity contribution is 0.533. The van der Waals surface area contributed by atoms with Crippen molar-refractivity contribution < 1.29 is 0 Å². The fourth-order valence-corrected chi connectivity index (χ4v) is 1.89. The van der Waals surface area contributed by atoms with E-state index in [9.17, 15) is 0 Å². The van der Waals surface area contributed by atoms with Crippen molar-refractivity contribution in [2.24, 2.45) is 5.92 Å². The van der Waals surface area contributed by atoms with Gasteiger partial charge in [0, 0.05) is 19.8 Å². The van der Waals surface area contributed by atoms with Gasteiger partial charge >= 0.3 is 0 Å². The second-order valence-corrected chi connectivity index (χ2v) is 5.36. The molecular weight excluding hydrogens is 222 g/mol. The highest BCUT2D eigenvalue weighted by atomic mass is 15.2. The Kier molecular flexibility index (Phi) is 6.13. The molecule has 3 nitrogen and oxygen atoms in total. The lowest BCUT2D eigenvalue weighted by Gasteiger charge is -2.20. The lowest BCUT2D eigenvalue weighted by atomic mass is 9.91. The molecule has 0 spiro atoms. The van der Waals surface area contributed by atoms with Crippen molar-refractivity contribution in [3.63, 3.8) is 0 Å². The molecule has 0 unspecified atom stereocenters. The van der Waals surface area contributed by atoms with Gasteiger partial charge in [0.2, 0.25) is 0 Å². The minimum atomic E-state index is 0.571. The molecule has 1 aromatic heterocycles. The summed E-state index contributed by atoms with van der Waals surface area (Å²) in [5, 5.41) is 3.16. The van der Waals surface area contributed by atoms with Crippen molar-refractivity contribution in [3.8, 4) is 0 Å². The highest BCUT2D eigenvalue weighted by molar-refractivity contribution is 5.38. The van der Waals surface area contributed by atoms with Gasteiger partial charge in [0.05, 0.1) is 0 Å². The molecule has 0 aliphatic carbocycles. The van der Waals surface area contributed by atoms with Gasteiger partial charge < -0.3 is 10.2 Å². The molecule has 1 atom stereocenters. The molecule has 0 aromatic carbocycles. The lowest BCUT2D eigenvalue weighted by Crippen LogP contribution is -2.23. The van der Waals surface area contributed by atoms with E-state index in [4.69, 9.17) is 0 Å². The monoisotopic (exact) mass is 249 g/mol. The zero-order valence-electron chi connectivity index (χ0n) is 12.4. The van der Waals surface area contributed by atoms with Crippen molar-refractivity contribution in [1.29, 1.82) is 0 Å². The topological polar surface area (TPSA) is 28.2 Å². The summed E-state index contributed by atoms with van der Waals surface area (Å²) in [5.41, 5.74) is 1.33. The van der Waals surface area contributed by atoms with E-state index in [1.54, 1.807) is 0 Å². The third-order valence-corrected chi connectivity index (χ3v) is 3.61. The molecule has 3 heteroatoms. The minimum Gasteiger partial charge on any atom is -0.360 e. The van der Waals surface area contributed by atoms with Crippen LogP contribution in [-0.4, -0.2) is 32.2 Å². The van der Waals surface area contributed by atoms with Gasteiger partial charge in [0.1, 0.15) is 5.82 Å². The third-order valence-electron chi connectivity index (χ3n) is 3.61. The summed E-state index contributed by atoms with van der Waals surface area (Å²) in [5.74, 6) is 2.29. The maximum Gasteiger partial charge on any atom is 0.128 e. The quantitative estimate of drug-likeness (QED) is 0.753. The molecule has 102 valence electrons. The van der Waals surface area contributed by atoms with Gasteiger partial charge in [-0.2, -0.15) is 0 Å². The molecule has 0 radical (unpaired) electrons. The Morgan fingerprint density at radius 2 is 2.00 bits per heavy atom. The first kappa shape index (κ1) is 15.0. The molecule has 0 saturated carbocycles. The fourth-order valence-electron chi connectivity index (χ4n) is 1.89. The second kappa shape index (κ2) is 7.37. The van der Waals surface area contributed by atoms with E-state index in [0.717, 1.165) is 25.3 Å². The van der Waals surface area contributed by atoms with Crippen LogP contribution in [0.25, 0.3) is 0 Å². The van der Waals surface area contributed by atoms with Crippen molar-refractivity contribution in [2.75, 3.05) is 32.1 Å². The maximum absolute atomic E-state index is 4.57. The van der Waals surface area contributed by atoms with E-state index in [1.165, 1.54) is 5.56 Å². The van der Waals surface area contributed by atoms with Gasteiger partial charge in [-0.15, -0.1) is 0 Å². The normalized spacial score (nSPS) is 12.8. The second-order valence-electron chi connectivity index (χ2n) is 5.36. The Hall–Kier alpha value is -1.09. The van der Waals surface area contributed by atoms with E-state index in [-0.39, 0.29) is 0 Å². The predicted molar refractivity (Wildman–Crippen MR) is 79.3 cm³/mol. The number of rotatable bonds is 7. The van der Waals surface area contributed by atoms with Crippen LogP contribution in [0.1, 0.15) is 38.7 Å². The van der Waals surface area contributed by atoms with Crippen LogP contribution < -0.4 is 10.2 Å². The molecule has 0 saturated heterocycles. The minimum absolute atomic E-state index is 0.571. The predicted octanol–water partition coefficient (Wildman–Crippen LogP) is 2.89. The van der Waals surface area contributed by atoms with Gasteiger partial charge in [-0.3, -0.25) is 0 Å². The standard InChI is InChI=1S/C15H27N3/c1-12(2)13(3)14-7-8-15(17-11-14)18(5)10-6-9-16-4/h7-8,11-13,16H,6,9-10H2,1-5H3/t13-/m0/s1. The number of nitrogens with one attached hydrogen (secondary N) is 1. The van der Waals surface area contributed by atoms with Crippen LogP contribution >= 0.6 is 0 Å². The van der Waals surface area contributed by atoms with Gasteiger partial charge in [-0.1, -0.05) is 26.8 Å². The van der Waals surface area contributed by atoms with Crippen LogP contribution in [0, 0.1) is 5.92 Å². The molecule has 0 fully saturated rings.